The molecule has 0 aliphatic rings. The van der Waals surface area contributed by atoms with Gasteiger partial charge in [0.05, 0.1) is 17.6 Å². The van der Waals surface area contributed by atoms with Gasteiger partial charge in [-0.2, -0.15) is 0 Å². The fourth-order valence-electron chi connectivity index (χ4n) is 1.76. The van der Waals surface area contributed by atoms with Gasteiger partial charge in [0.1, 0.15) is 0 Å². The minimum Gasteiger partial charge on any atom is -0.348 e. The summed E-state index contributed by atoms with van der Waals surface area (Å²) in [6.07, 6.45) is 8.31. The molecule has 4 N–H and O–H groups in total. The zero-order chi connectivity index (χ0) is 13.7. The van der Waals surface area contributed by atoms with E-state index in [1.54, 1.807) is 24.8 Å². The molecule has 1 amide bonds. The maximum absolute atomic E-state index is 12.1. The highest BCUT2D eigenvalue weighted by Crippen LogP contribution is 2.11. The Hall–Kier alpha value is -2.41. The number of anilines is 1. The number of hydrogen-bond acceptors (Lipinski definition) is 5. The van der Waals surface area contributed by atoms with Crippen LogP contribution < -0.4 is 16.6 Å². The normalized spacial score (nSPS) is 11.9. The standard InChI is InChI=1S/C12H16N6O/c1-9(7-18-5-4-15-8-18)16-12(19)10-6-14-3-2-11(10)17-13/h2-6,8-9H,7,13H2,1H3,(H,14,17)(H,16,19). The Labute approximate surface area is 110 Å². The van der Waals surface area contributed by atoms with Crippen molar-refractivity contribution in [2.45, 2.75) is 19.5 Å². The van der Waals surface area contributed by atoms with Crippen molar-refractivity contribution < 1.29 is 4.79 Å². The molecule has 2 rings (SSSR count). The molecule has 0 aliphatic heterocycles. The molecule has 1 atom stereocenters. The van der Waals surface area contributed by atoms with Gasteiger partial charge >= 0.3 is 0 Å². The second-order valence-electron chi connectivity index (χ2n) is 4.20. The van der Waals surface area contributed by atoms with Gasteiger partial charge in [0.2, 0.25) is 0 Å². The summed E-state index contributed by atoms with van der Waals surface area (Å²) in [5, 5.41) is 2.89. The second kappa shape index (κ2) is 5.96. The number of nitrogens with two attached hydrogens (primary N) is 1. The predicted molar refractivity (Wildman–Crippen MR) is 71.2 cm³/mol. The van der Waals surface area contributed by atoms with Gasteiger partial charge in [-0.1, -0.05) is 0 Å². The van der Waals surface area contributed by atoms with Crippen LogP contribution in [0.3, 0.4) is 0 Å². The van der Waals surface area contributed by atoms with E-state index >= 15 is 0 Å². The molecule has 0 spiro atoms. The minimum absolute atomic E-state index is 0.0347. The first-order valence-corrected chi connectivity index (χ1v) is 5.88. The smallest absolute Gasteiger partial charge is 0.255 e. The van der Waals surface area contributed by atoms with Crippen molar-refractivity contribution in [2.75, 3.05) is 5.43 Å². The summed E-state index contributed by atoms with van der Waals surface area (Å²) in [7, 11) is 0. The molecular weight excluding hydrogens is 244 g/mol. The van der Waals surface area contributed by atoms with Crippen molar-refractivity contribution in [2.24, 2.45) is 5.84 Å². The van der Waals surface area contributed by atoms with Gasteiger partial charge in [0, 0.05) is 37.4 Å². The lowest BCUT2D eigenvalue weighted by molar-refractivity contribution is 0.0937. The Morgan fingerprint density at radius 2 is 2.32 bits per heavy atom. The van der Waals surface area contributed by atoms with E-state index in [0.29, 0.717) is 17.8 Å². The molecule has 0 saturated carbocycles. The van der Waals surface area contributed by atoms with Crippen LogP contribution in [0.15, 0.2) is 37.2 Å². The summed E-state index contributed by atoms with van der Waals surface area (Å²) in [4.78, 5) is 20.0. The maximum Gasteiger partial charge on any atom is 0.255 e. The minimum atomic E-state index is -0.214. The molecule has 0 fully saturated rings. The summed E-state index contributed by atoms with van der Waals surface area (Å²) < 4.78 is 1.90. The van der Waals surface area contributed by atoms with Crippen molar-refractivity contribution in [3.8, 4) is 0 Å². The molecule has 7 heteroatoms. The number of nitrogens with one attached hydrogen (secondary N) is 2. The van der Waals surface area contributed by atoms with Gasteiger partial charge in [-0.05, 0) is 13.0 Å². The Morgan fingerprint density at radius 1 is 1.47 bits per heavy atom. The summed E-state index contributed by atoms with van der Waals surface area (Å²) in [6, 6.07) is 1.61. The third-order valence-corrected chi connectivity index (χ3v) is 2.64. The predicted octanol–water partition coefficient (Wildman–Crippen LogP) is 0.382. The molecule has 100 valence electrons. The lowest BCUT2D eigenvalue weighted by Crippen LogP contribution is -2.36. The van der Waals surface area contributed by atoms with Gasteiger partial charge in [0.25, 0.3) is 5.91 Å². The molecule has 2 aromatic rings. The van der Waals surface area contributed by atoms with Crippen molar-refractivity contribution in [1.29, 1.82) is 0 Å². The average molecular weight is 260 g/mol. The van der Waals surface area contributed by atoms with Crippen LogP contribution >= 0.6 is 0 Å². The Balaban J connectivity index is 2.00. The number of aromatic nitrogens is 3. The number of pyridine rings is 1. The van der Waals surface area contributed by atoms with Gasteiger partial charge in [0.15, 0.2) is 0 Å². The Morgan fingerprint density at radius 3 is 3.00 bits per heavy atom. The Kier molecular flexibility index (Phi) is 4.09. The zero-order valence-electron chi connectivity index (χ0n) is 10.6. The topological polar surface area (TPSA) is 97.9 Å². The molecule has 2 heterocycles. The highest BCUT2D eigenvalue weighted by atomic mass is 16.1. The first-order chi connectivity index (χ1) is 9.20. The SMILES string of the molecule is CC(Cn1ccnc1)NC(=O)c1cnccc1NN. The number of nitrogen functional groups attached to an aromatic ring is 1. The molecule has 0 aliphatic carbocycles. The molecule has 19 heavy (non-hydrogen) atoms. The van der Waals surface area contributed by atoms with Crippen LogP contribution in [0, 0.1) is 0 Å². The lowest BCUT2D eigenvalue weighted by atomic mass is 10.2. The van der Waals surface area contributed by atoms with E-state index < -0.39 is 0 Å². The number of amides is 1. The summed E-state index contributed by atoms with van der Waals surface area (Å²) >= 11 is 0. The number of hydrazine groups is 1. The van der Waals surface area contributed by atoms with Crippen molar-refractivity contribution in [3.63, 3.8) is 0 Å². The first kappa shape index (κ1) is 13.0. The fraction of sp³-hybridized carbons (Fsp3) is 0.250. The Bertz CT molecular complexity index is 539. The molecule has 0 aromatic carbocycles. The molecule has 0 saturated heterocycles. The van der Waals surface area contributed by atoms with Crippen LogP contribution in [-0.2, 0) is 6.54 Å². The highest BCUT2D eigenvalue weighted by Gasteiger charge is 2.13. The molecular formula is C12H16N6O. The number of rotatable bonds is 5. The zero-order valence-corrected chi connectivity index (χ0v) is 10.6. The van der Waals surface area contributed by atoms with Crippen molar-refractivity contribution in [1.82, 2.24) is 19.9 Å². The monoisotopic (exact) mass is 260 g/mol. The van der Waals surface area contributed by atoms with Crippen molar-refractivity contribution in [3.05, 3.63) is 42.7 Å². The van der Waals surface area contributed by atoms with E-state index in [2.05, 4.69) is 20.7 Å². The van der Waals surface area contributed by atoms with Crippen LogP contribution in [0.2, 0.25) is 0 Å². The van der Waals surface area contributed by atoms with E-state index in [0.717, 1.165) is 0 Å². The molecule has 1 unspecified atom stereocenters. The van der Waals surface area contributed by atoms with Crippen LogP contribution in [0.25, 0.3) is 0 Å². The van der Waals surface area contributed by atoms with E-state index in [1.165, 1.54) is 6.20 Å². The van der Waals surface area contributed by atoms with Gasteiger partial charge in [-0.3, -0.25) is 15.6 Å². The van der Waals surface area contributed by atoms with Crippen LogP contribution in [-0.4, -0.2) is 26.5 Å². The second-order valence-corrected chi connectivity index (χ2v) is 4.20. The van der Waals surface area contributed by atoms with E-state index in [4.69, 9.17) is 5.84 Å². The fourth-order valence-corrected chi connectivity index (χ4v) is 1.76. The third-order valence-electron chi connectivity index (χ3n) is 2.64. The van der Waals surface area contributed by atoms with E-state index in [-0.39, 0.29) is 11.9 Å². The summed E-state index contributed by atoms with van der Waals surface area (Å²) in [5.74, 6) is 5.14. The van der Waals surface area contributed by atoms with Crippen molar-refractivity contribution >= 4 is 11.6 Å². The third kappa shape index (κ3) is 3.29. The number of hydrogen-bond donors (Lipinski definition) is 3. The van der Waals surface area contributed by atoms with Gasteiger partial charge in [-0.25, -0.2) is 4.98 Å². The van der Waals surface area contributed by atoms with E-state index in [9.17, 15) is 4.79 Å². The number of nitrogens with zero attached hydrogens (tertiary/aromatic N) is 3. The number of carbonyl (C=O) groups is 1. The molecule has 2 aromatic heterocycles. The lowest BCUT2D eigenvalue weighted by Gasteiger charge is -2.15. The summed E-state index contributed by atoms with van der Waals surface area (Å²) in [5.41, 5.74) is 3.44. The van der Waals surface area contributed by atoms with Crippen LogP contribution in [0.4, 0.5) is 5.69 Å². The first-order valence-electron chi connectivity index (χ1n) is 5.88. The molecule has 0 radical (unpaired) electrons. The quantitative estimate of drug-likeness (QED) is 0.533. The highest BCUT2D eigenvalue weighted by molar-refractivity contribution is 5.99. The maximum atomic E-state index is 12.1. The van der Waals surface area contributed by atoms with Crippen LogP contribution in [0.1, 0.15) is 17.3 Å². The number of carbonyl (C=O) groups excluding carboxylic acids is 1. The number of imidazole rings is 1. The molecule has 0 bridgehead atoms. The van der Waals surface area contributed by atoms with E-state index in [1.807, 2.05) is 17.7 Å². The molecule has 7 nitrogen and oxygen atoms in total. The van der Waals surface area contributed by atoms with Gasteiger partial charge in [-0.15, -0.1) is 0 Å². The van der Waals surface area contributed by atoms with Crippen LogP contribution in [0.5, 0.6) is 0 Å². The largest absolute Gasteiger partial charge is 0.348 e. The average Bonchev–Trinajstić information content (AvgIpc) is 2.91. The van der Waals surface area contributed by atoms with Gasteiger partial charge < -0.3 is 15.3 Å². The summed E-state index contributed by atoms with van der Waals surface area (Å²) in [6.45, 7) is 2.57.